The van der Waals surface area contributed by atoms with Crippen molar-refractivity contribution in [2.45, 2.75) is 0 Å². The van der Waals surface area contributed by atoms with E-state index in [1.807, 2.05) is 66.7 Å². The minimum atomic E-state index is 0.635. The summed E-state index contributed by atoms with van der Waals surface area (Å²) in [5, 5.41) is 2.29. The van der Waals surface area contributed by atoms with E-state index in [1.165, 1.54) is 10.1 Å². The lowest BCUT2D eigenvalue weighted by Gasteiger charge is -2.11. The Hall–Kier alpha value is -7.15. The average molecular weight is 722 g/mol. The Balaban J connectivity index is 0.990. The first kappa shape index (κ1) is 32.5. The van der Waals surface area contributed by atoms with Crippen LogP contribution in [-0.4, -0.2) is 24.9 Å². The van der Waals surface area contributed by atoms with Crippen molar-refractivity contribution in [2.75, 3.05) is 0 Å². The third-order valence-electron chi connectivity index (χ3n) is 9.78. The third-order valence-corrected chi connectivity index (χ3v) is 10.8. The van der Waals surface area contributed by atoms with Crippen LogP contribution < -0.4 is 0 Å². The largest absolute Gasteiger partial charge is 0.227 e. The maximum absolute atomic E-state index is 5.22. The number of rotatable bonds is 7. The molecular weight excluding hydrogens is 691 g/mol. The van der Waals surface area contributed by atoms with Gasteiger partial charge in [-0.25, -0.2) is 24.9 Å². The van der Waals surface area contributed by atoms with Gasteiger partial charge in [-0.3, -0.25) is 0 Å². The lowest BCUT2D eigenvalue weighted by molar-refractivity contribution is 1.07. The molecule has 5 nitrogen and oxygen atoms in total. The molecule has 258 valence electrons. The fourth-order valence-corrected chi connectivity index (χ4v) is 8.10. The fourth-order valence-electron chi connectivity index (χ4n) is 7.02. The minimum absolute atomic E-state index is 0.635. The molecule has 0 aliphatic rings. The Kier molecular flexibility index (Phi) is 8.28. The molecule has 3 heterocycles. The summed E-state index contributed by atoms with van der Waals surface area (Å²) in [6.45, 7) is 0. The molecule has 0 atom stereocenters. The van der Waals surface area contributed by atoms with Gasteiger partial charge in [-0.1, -0.05) is 170 Å². The van der Waals surface area contributed by atoms with Crippen LogP contribution in [0.4, 0.5) is 0 Å². The molecule has 0 fully saturated rings. The van der Waals surface area contributed by atoms with E-state index in [1.54, 1.807) is 11.3 Å². The number of nitrogens with zero attached hydrogens (tertiary/aromatic N) is 5. The van der Waals surface area contributed by atoms with Crippen molar-refractivity contribution < 1.29 is 0 Å². The standard InChI is InChI=1S/C49H31N5S/c1-4-14-33(15-5-1)44-43-41-24-10-11-25-42(41)55-49(43)54-48(50-44)40-23-13-22-39(31-40)38-21-12-20-37(30-38)32-26-28-36(29-27-32)47-52-45(34-16-6-2-7-17-34)51-46(53-47)35-18-8-3-9-19-35/h1-31H. The van der Waals surface area contributed by atoms with Gasteiger partial charge in [0, 0.05) is 43.3 Å². The van der Waals surface area contributed by atoms with E-state index in [2.05, 4.69) is 121 Å². The van der Waals surface area contributed by atoms with Crippen LogP contribution in [0.1, 0.15) is 0 Å². The first-order chi connectivity index (χ1) is 27.2. The van der Waals surface area contributed by atoms with Gasteiger partial charge >= 0.3 is 0 Å². The van der Waals surface area contributed by atoms with E-state index in [9.17, 15) is 0 Å². The van der Waals surface area contributed by atoms with Gasteiger partial charge in [0.15, 0.2) is 23.3 Å². The second-order valence-corrected chi connectivity index (χ2v) is 14.3. The van der Waals surface area contributed by atoms with E-state index >= 15 is 0 Å². The number of hydrogen-bond donors (Lipinski definition) is 0. The van der Waals surface area contributed by atoms with Crippen molar-refractivity contribution in [3.05, 3.63) is 188 Å². The van der Waals surface area contributed by atoms with Crippen LogP contribution in [-0.2, 0) is 0 Å². The Morgan fingerprint density at radius 3 is 1.31 bits per heavy atom. The normalized spacial score (nSPS) is 11.3. The van der Waals surface area contributed by atoms with Gasteiger partial charge in [0.25, 0.3) is 0 Å². The van der Waals surface area contributed by atoms with Crippen LogP contribution in [0.3, 0.4) is 0 Å². The molecule has 0 amide bonds. The second kappa shape index (κ2) is 14.0. The number of benzene rings is 7. The van der Waals surface area contributed by atoms with Gasteiger partial charge in [0.1, 0.15) is 4.83 Å². The van der Waals surface area contributed by atoms with Crippen LogP contribution in [0.2, 0.25) is 0 Å². The topological polar surface area (TPSA) is 64.5 Å². The van der Waals surface area contributed by atoms with Crippen molar-refractivity contribution in [3.63, 3.8) is 0 Å². The summed E-state index contributed by atoms with van der Waals surface area (Å²) in [4.78, 5) is 26.0. The van der Waals surface area contributed by atoms with Gasteiger partial charge in [0.05, 0.1) is 5.69 Å². The summed E-state index contributed by atoms with van der Waals surface area (Å²) >= 11 is 1.72. The summed E-state index contributed by atoms with van der Waals surface area (Å²) in [6, 6.07) is 64.7. The first-order valence-corrected chi connectivity index (χ1v) is 19.0. The first-order valence-electron chi connectivity index (χ1n) is 18.2. The summed E-state index contributed by atoms with van der Waals surface area (Å²) < 4.78 is 1.21. The molecule has 0 bridgehead atoms. The molecule has 0 aliphatic heterocycles. The smallest absolute Gasteiger partial charge is 0.164 e. The molecule has 0 radical (unpaired) electrons. The number of thiophene rings is 1. The molecule has 0 saturated heterocycles. The van der Waals surface area contributed by atoms with Crippen molar-refractivity contribution in [2.24, 2.45) is 0 Å². The fraction of sp³-hybridized carbons (Fsp3) is 0. The van der Waals surface area contributed by atoms with Gasteiger partial charge in [-0.15, -0.1) is 11.3 Å². The summed E-state index contributed by atoms with van der Waals surface area (Å²) in [7, 11) is 0. The van der Waals surface area contributed by atoms with Gasteiger partial charge in [-0.2, -0.15) is 0 Å². The molecule has 0 saturated carbocycles. The van der Waals surface area contributed by atoms with Crippen molar-refractivity contribution in [1.29, 1.82) is 0 Å². The van der Waals surface area contributed by atoms with Gasteiger partial charge < -0.3 is 0 Å². The van der Waals surface area contributed by atoms with Crippen LogP contribution in [0.25, 0.3) is 99.4 Å². The van der Waals surface area contributed by atoms with Crippen LogP contribution in [0, 0.1) is 0 Å². The molecule has 10 rings (SSSR count). The lowest BCUT2D eigenvalue weighted by Crippen LogP contribution is -2.00. The third kappa shape index (κ3) is 6.35. The van der Waals surface area contributed by atoms with E-state index in [0.29, 0.717) is 17.5 Å². The van der Waals surface area contributed by atoms with Gasteiger partial charge in [0.2, 0.25) is 0 Å². The zero-order chi connectivity index (χ0) is 36.6. The zero-order valence-electron chi connectivity index (χ0n) is 29.5. The molecule has 0 spiro atoms. The molecule has 6 heteroatoms. The number of hydrogen-bond acceptors (Lipinski definition) is 6. The van der Waals surface area contributed by atoms with Crippen LogP contribution in [0.5, 0.6) is 0 Å². The average Bonchev–Trinajstić information content (AvgIpc) is 3.66. The van der Waals surface area contributed by atoms with Gasteiger partial charge in [-0.05, 0) is 40.5 Å². The number of aromatic nitrogens is 5. The predicted molar refractivity (Wildman–Crippen MR) is 226 cm³/mol. The van der Waals surface area contributed by atoms with E-state index in [-0.39, 0.29) is 0 Å². The maximum atomic E-state index is 5.22. The van der Waals surface area contributed by atoms with Crippen molar-refractivity contribution in [3.8, 4) is 79.1 Å². The zero-order valence-corrected chi connectivity index (χ0v) is 30.4. The molecule has 0 aliphatic carbocycles. The molecule has 10 aromatic rings. The molecular formula is C49H31N5S. The quantitative estimate of drug-likeness (QED) is 0.164. The molecule has 7 aromatic carbocycles. The highest BCUT2D eigenvalue weighted by Crippen LogP contribution is 2.40. The molecule has 3 aromatic heterocycles. The summed E-state index contributed by atoms with van der Waals surface area (Å²) in [5.74, 6) is 2.65. The highest BCUT2D eigenvalue weighted by atomic mass is 32.1. The molecule has 0 unspecified atom stereocenters. The lowest BCUT2D eigenvalue weighted by atomic mass is 9.97. The second-order valence-electron chi connectivity index (χ2n) is 13.3. The highest BCUT2D eigenvalue weighted by Gasteiger charge is 2.17. The Morgan fingerprint density at radius 2 is 0.709 bits per heavy atom. The van der Waals surface area contributed by atoms with E-state index in [0.717, 1.165) is 71.8 Å². The molecule has 0 N–H and O–H groups in total. The maximum Gasteiger partial charge on any atom is 0.164 e. The SMILES string of the molecule is c1ccc(-c2nc(-c3ccccc3)nc(-c3ccc(-c4cccc(-c5cccc(-c6nc(-c7ccccc7)c7c(n6)sc6ccccc67)c5)c4)cc3)n2)cc1. The summed E-state index contributed by atoms with van der Waals surface area (Å²) in [5.41, 5.74) is 10.3. The monoisotopic (exact) mass is 721 g/mol. The van der Waals surface area contributed by atoms with E-state index in [4.69, 9.17) is 24.9 Å². The highest BCUT2D eigenvalue weighted by molar-refractivity contribution is 7.25. The molecule has 55 heavy (non-hydrogen) atoms. The summed E-state index contributed by atoms with van der Waals surface area (Å²) in [6.07, 6.45) is 0. The Labute approximate surface area is 322 Å². The predicted octanol–water partition coefficient (Wildman–Crippen LogP) is 12.7. The van der Waals surface area contributed by atoms with Crippen molar-refractivity contribution >= 4 is 31.6 Å². The number of fused-ring (bicyclic) bond motifs is 3. The minimum Gasteiger partial charge on any atom is -0.227 e. The van der Waals surface area contributed by atoms with Crippen LogP contribution in [0.15, 0.2) is 188 Å². The van der Waals surface area contributed by atoms with E-state index < -0.39 is 0 Å². The Bertz CT molecular complexity index is 2900. The van der Waals surface area contributed by atoms with Crippen molar-refractivity contribution in [1.82, 2.24) is 24.9 Å². The van der Waals surface area contributed by atoms with Crippen LogP contribution >= 0.6 is 11.3 Å². The Morgan fingerprint density at radius 1 is 0.291 bits per heavy atom.